The highest BCUT2D eigenvalue weighted by atomic mass is 32.2. The maximum Gasteiger partial charge on any atom is 0.217 e. The predicted molar refractivity (Wildman–Crippen MR) is 43.6 cm³/mol. The van der Waals surface area contributed by atoms with Crippen molar-refractivity contribution in [2.45, 2.75) is 12.2 Å². The smallest absolute Gasteiger partial charge is 0.217 e. The predicted octanol–water partition coefficient (Wildman–Crippen LogP) is -0.174. The molecule has 2 N–H and O–H groups in total. The van der Waals surface area contributed by atoms with Crippen molar-refractivity contribution in [1.82, 2.24) is 9.97 Å². The van der Waals surface area contributed by atoms with Crippen molar-refractivity contribution in [2.24, 2.45) is 5.14 Å². The van der Waals surface area contributed by atoms with E-state index in [1.54, 1.807) is 0 Å². The standard InChI is InChI=1S/C6H9N3O2S/c1-5(12(7,10)11)6-4-8-2-3-9-6/h2-5H,1H3,(H2,7,10,11)/t5-/m0/s1. The molecule has 0 bridgehead atoms. The Morgan fingerprint density at radius 3 is 2.58 bits per heavy atom. The lowest BCUT2D eigenvalue weighted by Gasteiger charge is -2.05. The van der Waals surface area contributed by atoms with Crippen LogP contribution in [-0.4, -0.2) is 18.4 Å². The van der Waals surface area contributed by atoms with Gasteiger partial charge in [-0.25, -0.2) is 13.6 Å². The fourth-order valence-corrected chi connectivity index (χ4v) is 1.15. The molecule has 0 aliphatic carbocycles. The summed E-state index contributed by atoms with van der Waals surface area (Å²) in [7, 11) is -3.56. The Balaban J connectivity index is 3.02. The van der Waals surface area contributed by atoms with Crippen molar-refractivity contribution in [3.63, 3.8) is 0 Å². The lowest BCUT2D eigenvalue weighted by molar-refractivity contribution is 0.586. The largest absolute Gasteiger partial charge is 0.261 e. The maximum atomic E-state index is 10.8. The minimum absolute atomic E-state index is 0.361. The van der Waals surface area contributed by atoms with Gasteiger partial charge in [-0.15, -0.1) is 0 Å². The van der Waals surface area contributed by atoms with E-state index in [1.165, 1.54) is 25.5 Å². The van der Waals surface area contributed by atoms with Crippen molar-refractivity contribution >= 4 is 10.0 Å². The van der Waals surface area contributed by atoms with E-state index >= 15 is 0 Å². The Kier molecular flexibility index (Phi) is 2.39. The zero-order valence-corrected chi connectivity index (χ0v) is 7.32. The molecule has 0 aliphatic rings. The van der Waals surface area contributed by atoms with Crippen molar-refractivity contribution in [1.29, 1.82) is 0 Å². The highest BCUT2D eigenvalue weighted by Gasteiger charge is 2.18. The quantitative estimate of drug-likeness (QED) is 0.696. The molecule has 1 aromatic heterocycles. The van der Waals surface area contributed by atoms with Crippen LogP contribution in [0.5, 0.6) is 0 Å². The van der Waals surface area contributed by atoms with E-state index in [0.717, 1.165) is 0 Å². The van der Waals surface area contributed by atoms with Gasteiger partial charge in [0.05, 0.1) is 5.69 Å². The van der Waals surface area contributed by atoms with Crippen LogP contribution in [0.1, 0.15) is 17.9 Å². The molecule has 0 aromatic carbocycles. The lowest BCUT2D eigenvalue weighted by atomic mass is 10.3. The molecule has 0 saturated heterocycles. The first kappa shape index (κ1) is 9.08. The summed E-state index contributed by atoms with van der Waals surface area (Å²) in [4.78, 5) is 7.56. The first-order valence-electron chi connectivity index (χ1n) is 3.29. The second-order valence-electron chi connectivity index (χ2n) is 2.36. The molecule has 1 rings (SSSR count). The molecule has 6 heteroatoms. The monoisotopic (exact) mass is 187 g/mol. The van der Waals surface area contributed by atoms with E-state index in [2.05, 4.69) is 9.97 Å². The number of rotatable bonds is 2. The fraction of sp³-hybridized carbons (Fsp3) is 0.333. The van der Waals surface area contributed by atoms with Crippen LogP contribution in [-0.2, 0) is 10.0 Å². The minimum Gasteiger partial charge on any atom is -0.261 e. The molecule has 1 atom stereocenters. The SMILES string of the molecule is C[C@@H](c1cnccn1)S(N)(=O)=O. The molecule has 0 spiro atoms. The summed E-state index contributed by atoms with van der Waals surface area (Å²) in [6.45, 7) is 1.47. The van der Waals surface area contributed by atoms with Gasteiger partial charge in [0, 0.05) is 18.6 Å². The van der Waals surface area contributed by atoms with E-state index in [-0.39, 0.29) is 0 Å². The first-order valence-corrected chi connectivity index (χ1v) is 4.90. The lowest BCUT2D eigenvalue weighted by Crippen LogP contribution is -2.20. The van der Waals surface area contributed by atoms with Crippen LogP contribution in [0.2, 0.25) is 0 Å². The van der Waals surface area contributed by atoms with Gasteiger partial charge < -0.3 is 0 Å². The van der Waals surface area contributed by atoms with Crippen molar-refractivity contribution < 1.29 is 8.42 Å². The molecule has 0 unspecified atom stereocenters. The molecule has 0 saturated carbocycles. The first-order chi connectivity index (χ1) is 5.52. The molecule has 12 heavy (non-hydrogen) atoms. The second kappa shape index (κ2) is 3.16. The highest BCUT2D eigenvalue weighted by Crippen LogP contribution is 2.14. The number of hydrogen-bond acceptors (Lipinski definition) is 4. The average Bonchev–Trinajstić information content (AvgIpc) is 2.03. The van der Waals surface area contributed by atoms with E-state index in [4.69, 9.17) is 5.14 Å². The molecular formula is C6H9N3O2S. The summed E-state index contributed by atoms with van der Waals surface area (Å²) in [5.74, 6) is 0. The average molecular weight is 187 g/mol. The second-order valence-corrected chi connectivity index (χ2v) is 4.25. The summed E-state index contributed by atoms with van der Waals surface area (Å²) in [6, 6.07) is 0. The molecule has 66 valence electrons. The minimum atomic E-state index is -3.56. The van der Waals surface area contributed by atoms with Crippen LogP contribution in [0.4, 0.5) is 0 Å². The molecule has 1 aromatic rings. The van der Waals surface area contributed by atoms with Crippen LogP contribution in [0.25, 0.3) is 0 Å². The summed E-state index contributed by atoms with van der Waals surface area (Å²) < 4.78 is 21.7. The van der Waals surface area contributed by atoms with Crippen molar-refractivity contribution in [3.8, 4) is 0 Å². The molecule has 0 aliphatic heterocycles. The van der Waals surface area contributed by atoms with Crippen LogP contribution < -0.4 is 5.14 Å². The Bertz CT molecular complexity index is 348. The zero-order chi connectivity index (χ0) is 9.19. The van der Waals surface area contributed by atoms with Gasteiger partial charge in [0.15, 0.2) is 0 Å². The molecule has 0 radical (unpaired) electrons. The summed E-state index contributed by atoms with van der Waals surface area (Å²) in [5.41, 5.74) is 0.361. The van der Waals surface area contributed by atoms with E-state index in [1.807, 2.05) is 0 Å². The Labute approximate surface area is 70.7 Å². The number of primary sulfonamides is 1. The van der Waals surface area contributed by atoms with Gasteiger partial charge in [-0.2, -0.15) is 0 Å². The zero-order valence-electron chi connectivity index (χ0n) is 6.51. The normalized spacial score (nSPS) is 14.2. The fourth-order valence-electron chi connectivity index (χ4n) is 0.689. The van der Waals surface area contributed by atoms with Crippen molar-refractivity contribution in [3.05, 3.63) is 24.3 Å². The number of nitrogens with two attached hydrogens (primary N) is 1. The third-order valence-corrected chi connectivity index (χ3v) is 2.72. The number of hydrogen-bond donors (Lipinski definition) is 1. The highest BCUT2D eigenvalue weighted by molar-refractivity contribution is 7.89. The summed E-state index contributed by atoms with van der Waals surface area (Å²) in [5, 5.41) is 4.12. The Morgan fingerprint density at radius 2 is 2.17 bits per heavy atom. The van der Waals surface area contributed by atoms with E-state index < -0.39 is 15.3 Å². The Hall–Kier alpha value is -1.01. The van der Waals surface area contributed by atoms with Crippen LogP contribution in [0, 0.1) is 0 Å². The van der Waals surface area contributed by atoms with Gasteiger partial charge in [0.1, 0.15) is 5.25 Å². The molecule has 5 nitrogen and oxygen atoms in total. The topological polar surface area (TPSA) is 85.9 Å². The maximum absolute atomic E-state index is 10.8. The molecule has 1 heterocycles. The van der Waals surface area contributed by atoms with Crippen molar-refractivity contribution in [2.75, 3.05) is 0 Å². The van der Waals surface area contributed by atoms with E-state index in [9.17, 15) is 8.42 Å². The van der Waals surface area contributed by atoms with Crippen LogP contribution in [0.3, 0.4) is 0 Å². The number of nitrogens with zero attached hydrogens (tertiary/aromatic N) is 2. The van der Waals surface area contributed by atoms with Gasteiger partial charge in [-0.05, 0) is 6.92 Å². The van der Waals surface area contributed by atoms with Gasteiger partial charge in [-0.1, -0.05) is 0 Å². The number of sulfonamides is 1. The van der Waals surface area contributed by atoms with Gasteiger partial charge >= 0.3 is 0 Å². The van der Waals surface area contributed by atoms with Crippen LogP contribution in [0.15, 0.2) is 18.6 Å². The molecule has 0 amide bonds. The summed E-state index contributed by atoms with van der Waals surface area (Å²) in [6.07, 6.45) is 4.28. The third-order valence-electron chi connectivity index (χ3n) is 1.49. The van der Waals surface area contributed by atoms with Gasteiger partial charge in [0.25, 0.3) is 0 Å². The molecular weight excluding hydrogens is 178 g/mol. The summed E-state index contributed by atoms with van der Waals surface area (Å²) >= 11 is 0. The third kappa shape index (κ3) is 1.99. The molecule has 0 fully saturated rings. The van der Waals surface area contributed by atoms with E-state index in [0.29, 0.717) is 5.69 Å². The Morgan fingerprint density at radius 1 is 1.50 bits per heavy atom. The van der Waals surface area contributed by atoms with Crippen LogP contribution >= 0.6 is 0 Å². The number of aromatic nitrogens is 2. The van der Waals surface area contributed by atoms with Gasteiger partial charge in [-0.3, -0.25) is 9.97 Å². The van der Waals surface area contributed by atoms with Gasteiger partial charge in [0.2, 0.25) is 10.0 Å².